The quantitative estimate of drug-likeness (QED) is 0.114. The Kier molecular flexibility index (Phi) is 55.3. The van der Waals surface area contributed by atoms with Gasteiger partial charge in [0.1, 0.15) is 28.9 Å². The molecule has 260 valence electrons. The van der Waals surface area contributed by atoms with E-state index in [4.69, 9.17) is 0 Å². The van der Waals surface area contributed by atoms with Crippen molar-refractivity contribution in [3.8, 4) is 0 Å². The van der Waals surface area contributed by atoms with Crippen LogP contribution in [-0.2, 0) is 100 Å². The number of Topliss-reactive ketones (excluding diaryl/α,β-unsaturated/α-hetero) is 5. The normalized spacial score (nSPS) is 8.62. The summed E-state index contributed by atoms with van der Waals surface area (Å²) in [6, 6.07) is 0. The van der Waals surface area contributed by atoms with E-state index < -0.39 is 62.0 Å². The molecule has 0 aromatic rings. The van der Waals surface area contributed by atoms with E-state index in [1.807, 2.05) is 34.6 Å². The topological polar surface area (TPSA) is 286 Å². The molecule has 0 bridgehead atoms. The second kappa shape index (κ2) is 43.5. The first-order valence-corrected chi connectivity index (χ1v) is 14.4. The minimum atomic E-state index is -1.28. The Balaban J connectivity index is -0.0000000842. The Bertz CT molecular complexity index is 773. The summed E-state index contributed by atoms with van der Waals surface area (Å²) < 4.78 is 0. The van der Waals surface area contributed by atoms with Crippen molar-refractivity contribution in [1.82, 2.24) is 0 Å². The van der Waals surface area contributed by atoms with Gasteiger partial charge < -0.3 is 49.5 Å². The van der Waals surface area contributed by atoms with Crippen molar-refractivity contribution in [2.45, 2.75) is 131 Å². The van der Waals surface area contributed by atoms with E-state index in [-0.39, 0.29) is 81.3 Å². The molecule has 0 heterocycles. The zero-order valence-electron chi connectivity index (χ0n) is 27.7. The van der Waals surface area contributed by atoms with E-state index in [1.165, 1.54) is 0 Å². The van der Waals surface area contributed by atoms with Crippen molar-refractivity contribution in [2.24, 2.45) is 0 Å². The van der Waals surface area contributed by atoms with Crippen molar-refractivity contribution in [3.63, 3.8) is 0 Å². The number of carbonyl (C=O) groups excluding carboxylic acids is 10. The van der Waals surface area contributed by atoms with Gasteiger partial charge in [0.15, 0.2) is 0 Å². The molecule has 0 aliphatic heterocycles. The second-order valence-corrected chi connectivity index (χ2v) is 9.19. The molecule has 0 N–H and O–H groups in total. The fraction of sp³-hybridized carbons (Fsp3) is 0.667. The summed E-state index contributed by atoms with van der Waals surface area (Å²) in [6.45, 7) is 9.13. The van der Waals surface area contributed by atoms with Crippen molar-refractivity contribution >= 4 is 58.8 Å². The molecule has 0 unspecified atom stereocenters. The summed E-state index contributed by atoms with van der Waals surface area (Å²) >= 11 is 0. The van der Waals surface area contributed by atoms with E-state index in [0.717, 1.165) is 0 Å². The van der Waals surface area contributed by atoms with E-state index in [0.29, 0.717) is 64.2 Å². The van der Waals surface area contributed by atoms with Gasteiger partial charge >= 0.3 is 52.4 Å². The largest absolute Gasteiger partial charge is 4.00 e. The molecular weight excluding hydrogens is 783 g/mol. The summed E-state index contributed by atoms with van der Waals surface area (Å²) in [6.07, 6.45) is 3.03. The van der Waals surface area contributed by atoms with Crippen LogP contribution >= 0.6 is 0 Å². The minimum absolute atomic E-state index is 0. The molecule has 0 saturated heterocycles. The van der Waals surface area contributed by atoms with E-state index in [1.54, 1.807) is 0 Å². The van der Waals surface area contributed by atoms with Crippen LogP contribution in [0.15, 0.2) is 0 Å². The molecule has 0 fully saturated rings. The number of hydrogen-bond acceptors (Lipinski definition) is 15. The third-order valence-electron chi connectivity index (χ3n) is 4.35. The average molecular weight is 828 g/mol. The summed E-state index contributed by atoms with van der Waals surface area (Å²) in [5.41, 5.74) is 0. The van der Waals surface area contributed by atoms with E-state index in [9.17, 15) is 73.5 Å². The second-order valence-electron chi connectivity index (χ2n) is 9.19. The van der Waals surface area contributed by atoms with Crippen LogP contribution in [0, 0.1) is 0 Å². The van der Waals surface area contributed by atoms with Crippen molar-refractivity contribution < 1.29 is 126 Å². The fourth-order valence-electron chi connectivity index (χ4n) is 2.64. The Morgan fingerprint density at radius 3 is 0.468 bits per heavy atom. The Morgan fingerprint density at radius 2 is 0.404 bits per heavy atom. The van der Waals surface area contributed by atoms with Gasteiger partial charge in [0.25, 0.3) is 0 Å². The van der Waals surface area contributed by atoms with E-state index in [2.05, 4.69) is 0 Å². The monoisotopic (exact) mass is 825 g/mol. The van der Waals surface area contributed by atoms with Crippen LogP contribution in [0.3, 0.4) is 0 Å². The Morgan fingerprint density at radius 1 is 0.298 bits per heavy atom. The average Bonchev–Trinajstić information content (AvgIpc) is 2.84. The smallest absolute Gasteiger partial charge is 0.550 e. The number of carboxylic acid groups (broad SMARTS) is 5. The third kappa shape index (κ3) is 70.9. The van der Waals surface area contributed by atoms with Gasteiger partial charge in [-0.1, -0.05) is 34.6 Å². The number of ketones is 5. The van der Waals surface area contributed by atoms with Gasteiger partial charge in [0.05, 0.1) is 0 Å². The number of carbonyl (C=O) groups is 10. The van der Waals surface area contributed by atoms with Gasteiger partial charge in [-0.3, -0.25) is 24.0 Å². The molecule has 17 heteroatoms. The first kappa shape index (κ1) is 59.8. The van der Waals surface area contributed by atoms with Crippen LogP contribution in [0.5, 0.6) is 0 Å². The molecular formula is C30H45O15Zr2+3. The van der Waals surface area contributed by atoms with Crippen LogP contribution < -0.4 is 25.5 Å². The fourth-order valence-corrected chi connectivity index (χ4v) is 2.64. The van der Waals surface area contributed by atoms with Gasteiger partial charge in [-0.15, -0.1) is 0 Å². The van der Waals surface area contributed by atoms with Crippen molar-refractivity contribution in [3.05, 3.63) is 0 Å². The predicted molar refractivity (Wildman–Crippen MR) is 148 cm³/mol. The number of hydrogen-bond donors (Lipinski definition) is 0. The van der Waals surface area contributed by atoms with Crippen LogP contribution in [0.25, 0.3) is 0 Å². The minimum Gasteiger partial charge on any atom is -0.550 e. The standard InChI is InChI=1S/5C6H10O3.2Zr/c5*1-2-3-5(7)4-6(8)9;;/h5*2-4H2,1H3,(H,8,9);;/q;;;;;2*+4/p-5. The number of carboxylic acids is 5. The molecule has 0 rings (SSSR count). The van der Waals surface area contributed by atoms with Crippen LogP contribution in [0.4, 0.5) is 0 Å². The molecule has 0 aromatic heterocycles. The molecule has 47 heavy (non-hydrogen) atoms. The SMILES string of the molecule is CCCC(=O)CC(=O)[O-].CCCC(=O)CC(=O)[O-].CCCC(=O)CC(=O)[O-].CCCC(=O)CC(=O)[O-].CCCC(=O)CC(=O)[O-].[Zr+4].[Zr+4]. The first-order chi connectivity index (χ1) is 20.8. The molecule has 0 saturated carbocycles. The van der Waals surface area contributed by atoms with Crippen LogP contribution in [-0.4, -0.2) is 58.8 Å². The summed E-state index contributed by atoms with van der Waals surface area (Å²) in [5.74, 6) is -7.68. The molecule has 0 atom stereocenters. The molecule has 0 aliphatic rings. The molecule has 0 aromatic carbocycles. The molecule has 0 radical (unpaired) electrons. The summed E-state index contributed by atoms with van der Waals surface area (Å²) in [5, 5.41) is 48.8. The van der Waals surface area contributed by atoms with Gasteiger partial charge in [0.2, 0.25) is 0 Å². The third-order valence-corrected chi connectivity index (χ3v) is 4.35. The van der Waals surface area contributed by atoms with Crippen molar-refractivity contribution in [1.29, 1.82) is 0 Å². The van der Waals surface area contributed by atoms with Gasteiger partial charge in [-0.05, 0) is 32.1 Å². The molecule has 0 spiro atoms. The van der Waals surface area contributed by atoms with Crippen LogP contribution in [0.1, 0.15) is 131 Å². The first-order valence-electron chi connectivity index (χ1n) is 14.4. The van der Waals surface area contributed by atoms with E-state index >= 15 is 0 Å². The summed E-state index contributed by atoms with van der Waals surface area (Å²) in [4.78, 5) is 101. The zero-order chi connectivity index (χ0) is 36.4. The zero-order valence-corrected chi connectivity index (χ0v) is 32.6. The number of rotatable bonds is 20. The summed E-state index contributed by atoms with van der Waals surface area (Å²) in [7, 11) is 0. The maximum atomic E-state index is 10.4. The van der Waals surface area contributed by atoms with Gasteiger partial charge in [-0.2, -0.15) is 0 Å². The Hall–Kier alpha value is -2.53. The van der Waals surface area contributed by atoms with Gasteiger partial charge in [-0.25, -0.2) is 0 Å². The maximum absolute atomic E-state index is 10.4. The van der Waals surface area contributed by atoms with Crippen molar-refractivity contribution in [2.75, 3.05) is 0 Å². The van der Waals surface area contributed by atoms with Crippen LogP contribution in [0.2, 0.25) is 0 Å². The molecule has 15 nitrogen and oxygen atoms in total. The Labute approximate surface area is 313 Å². The maximum Gasteiger partial charge on any atom is 4.00 e. The number of aliphatic carboxylic acids is 5. The predicted octanol–water partition coefficient (Wildman–Crippen LogP) is -2.53. The molecule has 0 aliphatic carbocycles. The van der Waals surface area contributed by atoms with Gasteiger partial charge in [0, 0.05) is 94.1 Å². The molecule has 0 amide bonds.